The molecule has 118 valence electrons. The molecule has 1 aromatic carbocycles. The Bertz CT molecular complexity index is 854. The van der Waals surface area contributed by atoms with Gasteiger partial charge in [-0.15, -0.1) is 0 Å². The highest BCUT2D eigenvalue weighted by molar-refractivity contribution is 8.26. The van der Waals surface area contributed by atoms with Crippen molar-refractivity contribution >= 4 is 57.2 Å². The van der Waals surface area contributed by atoms with Crippen LogP contribution in [0.4, 0.5) is 0 Å². The van der Waals surface area contributed by atoms with E-state index < -0.39 is 5.97 Å². The number of hydrogen-bond acceptors (Lipinski definition) is 4. The van der Waals surface area contributed by atoms with E-state index in [2.05, 4.69) is 4.98 Å². The lowest BCUT2D eigenvalue weighted by molar-refractivity contribution is -0.137. The molecule has 1 saturated heterocycles. The number of aromatic nitrogens is 1. The van der Waals surface area contributed by atoms with Crippen molar-refractivity contribution in [2.75, 3.05) is 6.54 Å². The number of thioether (sulfide) groups is 1. The first kappa shape index (κ1) is 15.8. The molecule has 0 unspecified atom stereocenters. The van der Waals surface area contributed by atoms with Crippen molar-refractivity contribution in [2.45, 2.75) is 13.3 Å². The number of aliphatic carboxylic acids is 1. The van der Waals surface area contributed by atoms with Crippen LogP contribution in [0, 0.1) is 6.92 Å². The number of fused-ring (bicyclic) bond motifs is 1. The van der Waals surface area contributed by atoms with E-state index in [0.717, 1.165) is 22.2 Å². The first-order valence-electron chi connectivity index (χ1n) is 7.02. The molecule has 1 amide bonds. The number of aryl methyl sites for hydroxylation is 1. The summed E-state index contributed by atoms with van der Waals surface area (Å²) in [6.45, 7) is 2.06. The Morgan fingerprint density at radius 2 is 2.17 bits per heavy atom. The quantitative estimate of drug-likeness (QED) is 0.657. The van der Waals surface area contributed by atoms with Gasteiger partial charge in [0, 0.05) is 28.7 Å². The second kappa shape index (κ2) is 6.17. The molecule has 0 saturated carbocycles. The number of para-hydroxylation sites is 1. The van der Waals surface area contributed by atoms with Gasteiger partial charge in [0.1, 0.15) is 4.32 Å². The number of thiocarbonyl (C=S) groups is 1. The number of aromatic amines is 1. The summed E-state index contributed by atoms with van der Waals surface area (Å²) in [7, 11) is 0. The third-order valence-corrected chi connectivity index (χ3v) is 5.02. The SMILES string of the molecule is Cc1[nH]c2ccccc2c1/C=C1/SC(=S)N(CCC(=O)O)C1=O. The number of carboxylic acids is 1. The maximum absolute atomic E-state index is 12.4. The van der Waals surface area contributed by atoms with Crippen molar-refractivity contribution in [3.8, 4) is 0 Å². The fourth-order valence-electron chi connectivity index (χ4n) is 2.52. The summed E-state index contributed by atoms with van der Waals surface area (Å²) < 4.78 is 0.403. The van der Waals surface area contributed by atoms with Crippen LogP contribution in [0.5, 0.6) is 0 Å². The zero-order chi connectivity index (χ0) is 16.6. The number of rotatable bonds is 4. The molecule has 5 nitrogen and oxygen atoms in total. The molecule has 1 fully saturated rings. The second-order valence-electron chi connectivity index (χ2n) is 5.19. The highest BCUT2D eigenvalue weighted by Crippen LogP contribution is 2.34. The number of nitrogens with zero attached hydrogens (tertiary/aromatic N) is 1. The predicted octanol–water partition coefficient (Wildman–Crippen LogP) is 3.15. The Morgan fingerprint density at radius 3 is 2.91 bits per heavy atom. The lowest BCUT2D eigenvalue weighted by Crippen LogP contribution is -2.30. The van der Waals surface area contributed by atoms with Crippen LogP contribution in [-0.2, 0) is 9.59 Å². The fraction of sp³-hybridized carbons (Fsp3) is 0.188. The molecule has 1 aliphatic rings. The topological polar surface area (TPSA) is 73.4 Å². The molecule has 0 aliphatic carbocycles. The lowest BCUT2D eigenvalue weighted by Gasteiger charge is -2.12. The number of benzene rings is 1. The number of H-pyrrole nitrogens is 1. The van der Waals surface area contributed by atoms with E-state index in [1.165, 1.54) is 16.7 Å². The highest BCUT2D eigenvalue weighted by Gasteiger charge is 2.32. The van der Waals surface area contributed by atoms with Gasteiger partial charge < -0.3 is 10.1 Å². The van der Waals surface area contributed by atoms with Crippen molar-refractivity contribution in [1.82, 2.24) is 9.88 Å². The van der Waals surface area contributed by atoms with E-state index in [-0.39, 0.29) is 18.9 Å². The maximum atomic E-state index is 12.4. The van der Waals surface area contributed by atoms with Gasteiger partial charge in [-0.2, -0.15) is 0 Å². The number of hydrogen-bond donors (Lipinski definition) is 2. The average molecular weight is 346 g/mol. The van der Waals surface area contributed by atoms with Gasteiger partial charge in [-0.3, -0.25) is 14.5 Å². The van der Waals surface area contributed by atoms with Crippen LogP contribution in [0.1, 0.15) is 17.7 Å². The molecule has 1 aliphatic heterocycles. The number of carbonyl (C=O) groups is 2. The Hall–Kier alpha value is -2.12. The van der Waals surface area contributed by atoms with Crippen molar-refractivity contribution in [3.05, 3.63) is 40.4 Å². The van der Waals surface area contributed by atoms with E-state index in [4.69, 9.17) is 17.3 Å². The van der Waals surface area contributed by atoms with Crippen molar-refractivity contribution < 1.29 is 14.7 Å². The summed E-state index contributed by atoms with van der Waals surface area (Å²) in [5.41, 5.74) is 2.94. The molecular weight excluding hydrogens is 332 g/mol. The third kappa shape index (κ3) is 3.02. The summed E-state index contributed by atoms with van der Waals surface area (Å²) in [6.07, 6.45) is 1.71. The first-order valence-corrected chi connectivity index (χ1v) is 8.24. The molecule has 3 rings (SSSR count). The summed E-state index contributed by atoms with van der Waals surface area (Å²) in [6, 6.07) is 7.88. The Labute approximate surface area is 142 Å². The van der Waals surface area contributed by atoms with E-state index in [0.29, 0.717) is 9.23 Å². The van der Waals surface area contributed by atoms with Crippen LogP contribution in [0.3, 0.4) is 0 Å². The predicted molar refractivity (Wildman–Crippen MR) is 95.2 cm³/mol. The number of carboxylic acid groups (broad SMARTS) is 1. The van der Waals surface area contributed by atoms with Gasteiger partial charge in [0.25, 0.3) is 5.91 Å². The van der Waals surface area contributed by atoms with Crippen molar-refractivity contribution in [1.29, 1.82) is 0 Å². The molecule has 2 N–H and O–H groups in total. The largest absolute Gasteiger partial charge is 0.481 e. The summed E-state index contributed by atoms with van der Waals surface area (Å²) >= 11 is 6.41. The van der Waals surface area contributed by atoms with E-state index >= 15 is 0 Å². The van der Waals surface area contributed by atoms with E-state index in [1.54, 1.807) is 0 Å². The van der Waals surface area contributed by atoms with Gasteiger partial charge >= 0.3 is 5.97 Å². The van der Waals surface area contributed by atoms with Crippen LogP contribution in [0.2, 0.25) is 0 Å². The molecule has 0 spiro atoms. The number of nitrogens with one attached hydrogen (secondary N) is 1. The number of amides is 1. The van der Waals surface area contributed by atoms with Crippen LogP contribution < -0.4 is 0 Å². The molecule has 0 atom stereocenters. The molecular formula is C16H14N2O3S2. The molecule has 0 radical (unpaired) electrons. The second-order valence-corrected chi connectivity index (χ2v) is 6.86. The van der Waals surface area contributed by atoms with Crippen molar-refractivity contribution in [3.63, 3.8) is 0 Å². The van der Waals surface area contributed by atoms with Gasteiger partial charge in [-0.1, -0.05) is 42.2 Å². The molecule has 7 heteroatoms. The van der Waals surface area contributed by atoms with Crippen LogP contribution in [-0.4, -0.2) is 37.7 Å². The fourth-order valence-corrected chi connectivity index (χ4v) is 3.81. The average Bonchev–Trinajstić information content (AvgIpc) is 2.95. The minimum atomic E-state index is -0.949. The van der Waals surface area contributed by atoms with Gasteiger partial charge in [0.2, 0.25) is 0 Å². The Kier molecular flexibility index (Phi) is 4.23. The summed E-state index contributed by atoms with van der Waals surface area (Å²) in [4.78, 5) is 28.3. The minimum Gasteiger partial charge on any atom is -0.481 e. The van der Waals surface area contributed by atoms with Crippen LogP contribution in [0.25, 0.3) is 17.0 Å². The monoisotopic (exact) mass is 346 g/mol. The van der Waals surface area contributed by atoms with Crippen LogP contribution in [0.15, 0.2) is 29.2 Å². The molecule has 2 aromatic rings. The number of carbonyl (C=O) groups excluding carboxylic acids is 1. The van der Waals surface area contributed by atoms with Gasteiger partial charge in [0.15, 0.2) is 0 Å². The zero-order valence-corrected chi connectivity index (χ0v) is 14.0. The Morgan fingerprint density at radius 1 is 1.43 bits per heavy atom. The smallest absolute Gasteiger partial charge is 0.305 e. The summed E-state index contributed by atoms with van der Waals surface area (Å²) in [5.74, 6) is -1.18. The maximum Gasteiger partial charge on any atom is 0.305 e. The standard InChI is InChI=1S/C16H14N2O3S2/c1-9-11(10-4-2-3-5-12(10)17-9)8-13-15(21)18(16(22)23-13)7-6-14(19)20/h2-5,8,17H,6-7H2,1H3,(H,19,20)/b13-8+. The molecule has 0 bridgehead atoms. The first-order chi connectivity index (χ1) is 11.0. The normalized spacial score (nSPS) is 16.7. The molecule has 23 heavy (non-hydrogen) atoms. The third-order valence-electron chi connectivity index (χ3n) is 3.64. The molecule has 2 heterocycles. The Balaban J connectivity index is 1.93. The lowest BCUT2D eigenvalue weighted by atomic mass is 10.1. The van der Waals surface area contributed by atoms with Gasteiger partial charge in [0.05, 0.1) is 11.3 Å². The minimum absolute atomic E-state index is 0.101. The van der Waals surface area contributed by atoms with Gasteiger partial charge in [-0.25, -0.2) is 0 Å². The van der Waals surface area contributed by atoms with E-state index in [9.17, 15) is 9.59 Å². The zero-order valence-electron chi connectivity index (χ0n) is 12.3. The highest BCUT2D eigenvalue weighted by atomic mass is 32.2. The van der Waals surface area contributed by atoms with Crippen molar-refractivity contribution in [2.24, 2.45) is 0 Å². The van der Waals surface area contributed by atoms with Gasteiger partial charge in [-0.05, 0) is 19.1 Å². The molecule has 1 aromatic heterocycles. The van der Waals surface area contributed by atoms with Crippen LogP contribution >= 0.6 is 24.0 Å². The van der Waals surface area contributed by atoms with E-state index in [1.807, 2.05) is 37.3 Å². The summed E-state index contributed by atoms with van der Waals surface area (Å²) in [5, 5.41) is 9.81.